The van der Waals surface area contributed by atoms with Crippen molar-refractivity contribution in [2.24, 2.45) is 5.73 Å². The monoisotopic (exact) mass is 247 g/mol. The summed E-state index contributed by atoms with van der Waals surface area (Å²) >= 11 is 1.05. The molecule has 0 radical (unpaired) electrons. The average Bonchev–Trinajstić information content (AvgIpc) is 2.79. The third kappa shape index (κ3) is 2.67. The van der Waals surface area contributed by atoms with Crippen LogP contribution in [0.1, 0.15) is 19.3 Å². The van der Waals surface area contributed by atoms with Gasteiger partial charge in [0.25, 0.3) is 11.8 Å². The number of thiophene rings is 1. The summed E-state index contributed by atoms with van der Waals surface area (Å²) in [5.41, 5.74) is 5.11. The van der Waals surface area contributed by atoms with E-state index in [9.17, 15) is 9.59 Å². The van der Waals surface area contributed by atoms with Gasteiger partial charge >= 0.3 is 0 Å². The Morgan fingerprint density at radius 3 is 2.53 bits per heavy atom. The van der Waals surface area contributed by atoms with Crippen LogP contribution in [0.15, 0.2) is 36.5 Å². The molecule has 2 amide bonds. The molecule has 0 aromatic carbocycles. The van der Waals surface area contributed by atoms with Gasteiger partial charge in [0.05, 0.1) is 9.75 Å². The van der Waals surface area contributed by atoms with Gasteiger partial charge in [-0.2, -0.15) is 0 Å². The lowest BCUT2D eigenvalue weighted by molar-refractivity contribution is 0.100. The van der Waals surface area contributed by atoms with E-state index in [1.165, 1.54) is 6.07 Å². The first-order chi connectivity index (χ1) is 8.16. The van der Waals surface area contributed by atoms with Crippen molar-refractivity contribution in [2.45, 2.75) is 0 Å². The van der Waals surface area contributed by atoms with Crippen LogP contribution in [0.5, 0.6) is 0 Å². The lowest BCUT2D eigenvalue weighted by Crippen LogP contribution is -2.11. The highest BCUT2D eigenvalue weighted by Gasteiger charge is 2.12. The minimum Gasteiger partial charge on any atom is -0.365 e. The number of aromatic nitrogens is 1. The van der Waals surface area contributed by atoms with Crippen molar-refractivity contribution in [3.63, 3.8) is 0 Å². The topological polar surface area (TPSA) is 85.1 Å². The van der Waals surface area contributed by atoms with Crippen molar-refractivity contribution in [1.29, 1.82) is 0 Å². The second kappa shape index (κ2) is 4.75. The SMILES string of the molecule is NC(=O)c1ccc(C(=O)Nc2ccccn2)s1. The number of amides is 2. The van der Waals surface area contributed by atoms with Crippen LogP contribution in [0, 0.1) is 0 Å². The van der Waals surface area contributed by atoms with Crippen LogP contribution >= 0.6 is 11.3 Å². The normalized spacial score (nSPS) is 9.88. The van der Waals surface area contributed by atoms with Crippen molar-refractivity contribution in [3.05, 3.63) is 46.3 Å². The molecule has 0 aliphatic heterocycles. The number of hydrogen-bond acceptors (Lipinski definition) is 4. The van der Waals surface area contributed by atoms with Crippen molar-refractivity contribution in [3.8, 4) is 0 Å². The molecule has 0 saturated carbocycles. The summed E-state index contributed by atoms with van der Waals surface area (Å²) in [5, 5.41) is 2.62. The summed E-state index contributed by atoms with van der Waals surface area (Å²) in [7, 11) is 0. The van der Waals surface area contributed by atoms with Crippen LogP contribution in [0.25, 0.3) is 0 Å². The summed E-state index contributed by atoms with van der Waals surface area (Å²) in [6.45, 7) is 0. The number of pyridine rings is 1. The number of carbonyl (C=O) groups is 2. The zero-order valence-electron chi connectivity index (χ0n) is 8.71. The van der Waals surface area contributed by atoms with Gasteiger partial charge in [0, 0.05) is 6.20 Å². The maximum Gasteiger partial charge on any atom is 0.266 e. The third-order valence-corrected chi connectivity index (χ3v) is 3.08. The molecule has 3 N–H and O–H groups in total. The van der Waals surface area contributed by atoms with E-state index in [4.69, 9.17) is 5.73 Å². The number of nitrogens with zero attached hydrogens (tertiary/aromatic N) is 1. The number of rotatable bonds is 3. The van der Waals surface area contributed by atoms with Gasteiger partial charge in [-0.3, -0.25) is 9.59 Å². The lowest BCUT2D eigenvalue weighted by Gasteiger charge is -2.00. The first-order valence-electron chi connectivity index (χ1n) is 4.79. The molecular formula is C11H9N3O2S. The molecule has 0 spiro atoms. The molecule has 0 aliphatic rings. The van der Waals surface area contributed by atoms with E-state index >= 15 is 0 Å². The fraction of sp³-hybridized carbons (Fsp3) is 0. The first kappa shape index (κ1) is 11.3. The Morgan fingerprint density at radius 1 is 1.18 bits per heavy atom. The highest BCUT2D eigenvalue weighted by molar-refractivity contribution is 7.16. The number of primary amides is 1. The van der Waals surface area contributed by atoms with Crippen molar-refractivity contribution in [2.75, 3.05) is 5.32 Å². The molecule has 2 heterocycles. The highest BCUT2D eigenvalue weighted by atomic mass is 32.1. The fourth-order valence-corrected chi connectivity index (χ4v) is 1.96. The number of anilines is 1. The predicted octanol–water partition coefficient (Wildman–Crippen LogP) is 1.49. The smallest absolute Gasteiger partial charge is 0.266 e. The van der Waals surface area contributed by atoms with Crippen LogP contribution in [0.2, 0.25) is 0 Å². The van der Waals surface area contributed by atoms with Gasteiger partial charge < -0.3 is 11.1 Å². The second-order valence-electron chi connectivity index (χ2n) is 3.20. The molecule has 2 aromatic heterocycles. The molecule has 0 atom stereocenters. The largest absolute Gasteiger partial charge is 0.365 e. The van der Waals surface area contributed by atoms with Gasteiger partial charge in [-0.25, -0.2) is 4.98 Å². The van der Waals surface area contributed by atoms with Crippen molar-refractivity contribution >= 4 is 29.0 Å². The van der Waals surface area contributed by atoms with Crippen molar-refractivity contribution in [1.82, 2.24) is 4.98 Å². The second-order valence-corrected chi connectivity index (χ2v) is 4.28. The van der Waals surface area contributed by atoms with Gasteiger partial charge in [-0.1, -0.05) is 6.07 Å². The minimum absolute atomic E-state index is 0.304. The predicted molar refractivity (Wildman–Crippen MR) is 65.0 cm³/mol. The third-order valence-electron chi connectivity index (χ3n) is 1.98. The Morgan fingerprint density at radius 2 is 1.94 bits per heavy atom. The summed E-state index contributed by atoms with van der Waals surface area (Å²) in [6, 6.07) is 8.29. The minimum atomic E-state index is -0.535. The van der Waals surface area contributed by atoms with Gasteiger partial charge in [0.15, 0.2) is 0 Å². The molecule has 86 valence electrons. The van der Waals surface area contributed by atoms with Gasteiger partial charge in [-0.05, 0) is 24.3 Å². The Hall–Kier alpha value is -2.21. The molecule has 2 aromatic rings. The summed E-state index contributed by atoms with van der Waals surface area (Å²) in [6.07, 6.45) is 1.58. The Bertz CT molecular complexity index is 551. The van der Waals surface area contributed by atoms with E-state index in [0.29, 0.717) is 15.6 Å². The van der Waals surface area contributed by atoms with E-state index in [-0.39, 0.29) is 5.91 Å². The number of nitrogens with one attached hydrogen (secondary N) is 1. The average molecular weight is 247 g/mol. The van der Waals surface area contributed by atoms with E-state index < -0.39 is 5.91 Å². The molecule has 5 nitrogen and oxygen atoms in total. The molecule has 2 rings (SSSR count). The van der Waals surface area contributed by atoms with E-state index in [0.717, 1.165) is 11.3 Å². The molecule has 0 saturated heterocycles. The molecular weight excluding hydrogens is 238 g/mol. The molecule has 0 aliphatic carbocycles. The van der Waals surface area contributed by atoms with Gasteiger partial charge in [0.1, 0.15) is 5.82 Å². The van der Waals surface area contributed by atoms with Crippen LogP contribution in [-0.4, -0.2) is 16.8 Å². The summed E-state index contributed by atoms with van der Waals surface area (Å²) in [5.74, 6) is -0.375. The van der Waals surface area contributed by atoms with Gasteiger partial charge in [-0.15, -0.1) is 11.3 Å². The summed E-state index contributed by atoms with van der Waals surface area (Å²) < 4.78 is 0. The molecule has 17 heavy (non-hydrogen) atoms. The fourth-order valence-electron chi connectivity index (χ4n) is 1.21. The number of carbonyl (C=O) groups excluding carboxylic acids is 2. The number of hydrogen-bond donors (Lipinski definition) is 2. The zero-order chi connectivity index (χ0) is 12.3. The maximum atomic E-state index is 11.8. The molecule has 0 unspecified atom stereocenters. The quantitative estimate of drug-likeness (QED) is 0.861. The van der Waals surface area contributed by atoms with E-state index in [1.807, 2.05) is 0 Å². The van der Waals surface area contributed by atoms with E-state index in [1.54, 1.807) is 30.5 Å². The molecule has 6 heteroatoms. The molecule has 0 fully saturated rings. The van der Waals surface area contributed by atoms with Crippen LogP contribution in [0.4, 0.5) is 5.82 Å². The number of nitrogens with two attached hydrogens (primary N) is 1. The Labute approximate surface area is 101 Å². The van der Waals surface area contributed by atoms with Gasteiger partial charge in [0.2, 0.25) is 0 Å². The standard InChI is InChI=1S/C11H9N3O2S/c12-10(15)7-4-5-8(17-7)11(16)14-9-3-1-2-6-13-9/h1-6H,(H2,12,15)(H,13,14,16). The first-order valence-corrected chi connectivity index (χ1v) is 5.60. The molecule has 0 bridgehead atoms. The zero-order valence-corrected chi connectivity index (χ0v) is 9.53. The van der Waals surface area contributed by atoms with Crippen LogP contribution in [-0.2, 0) is 0 Å². The van der Waals surface area contributed by atoms with Crippen LogP contribution in [0.3, 0.4) is 0 Å². The van der Waals surface area contributed by atoms with Crippen LogP contribution < -0.4 is 11.1 Å². The lowest BCUT2D eigenvalue weighted by atomic mass is 10.4. The Kier molecular flexibility index (Phi) is 3.15. The maximum absolute atomic E-state index is 11.8. The van der Waals surface area contributed by atoms with E-state index in [2.05, 4.69) is 10.3 Å². The Balaban J connectivity index is 2.12. The highest BCUT2D eigenvalue weighted by Crippen LogP contribution is 2.17. The van der Waals surface area contributed by atoms with Crippen molar-refractivity contribution < 1.29 is 9.59 Å². The summed E-state index contributed by atoms with van der Waals surface area (Å²) in [4.78, 5) is 27.4.